The van der Waals surface area contributed by atoms with Crippen LogP contribution in [0.5, 0.6) is 0 Å². The molecule has 0 saturated heterocycles. The number of pyridine rings is 1. The van der Waals surface area contributed by atoms with Crippen molar-refractivity contribution in [3.05, 3.63) is 29.6 Å². The summed E-state index contributed by atoms with van der Waals surface area (Å²) in [6.07, 6.45) is 5.49. The summed E-state index contributed by atoms with van der Waals surface area (Å²) in [4.78, 5) is 38.8. The fourth-order valence-electron chi connectivity index (χ4n) is 2.68. The van der Waals surface area contributed by atoms with Gasteiger partial charge in [-0.3, -0.25) is 14.6 Å². The minimum Gasteiger partial charge on any atom is -0.480 e. The van der Waals surface area contributed by atoms with Crippen LogP contribution in [0.2, 0.25) is 0 Å². The first kappa shape index (κ1) is 15.9. The summed E-state index contributed by atoms with van der Waals surface area (Å²) in [5.41, 5.74) is 4.13. The summed E-state index contributed by atoms with van der Waals surface area (Å²) < 4.78 is 0. The van der Waals surface area contributed by atoms with Gasteiger partial charge in [0.1, 0.15) is 11.2 Å². The van der Waals surface area contributed by atoms with E-state index in [-0.39, 0.29) is 11.3 Å². The summed E-state index contributed by atoms with van der Waals surface area (Å²) >= 11 is 0. The van der Waals surface area contributed by atoms with Gasteiger partial charge in [-0.15, -0.1) is 0 Å². The van der Waals surface area contributed by atoms with Crippen molar-refractivity contribution in [1.29, 1.82) is 0 Å². The van der Waals surface area contributed by atoms with E-state index in [0.29, 0.717) is 12.8 Å². The van der Waals surface area contributed by atoms with E-state index in [1.54, 1.807) is 0 Å². The highest BCUT2D eigenvalue weighted by Gasteiger charge is 2.40. The lowest BCUT2D eigenvalue weighted by Crippen LogP contribution is -2.54. The highest BCUT2D eigenvalue weighted by Crippen LogP contribution is 2.27. The maximum atomic E-state index is 12.3. The Morgan fingerprint density at radius 1 is 1.14 bits per heavy atom. The van der Waals surface area contributed by atoms with Crippen LogP contribution in [0.25, 0.3) is 0 Å². The minimum absolute atomic E-state index is 0.0647. The van der Waals surface area contributed by atoms with Gasteiger partial charge in [-0.25, -0.2) is 4.79 Å². The molecule has 1 aliphatic rings. The van der Waals surface area contributed by atoms with Gasteiger partial charge >= 0.3 is 5.97 Å². The van der Waals surface area contributed by atoms with E-state index in [1.165, 1.54) is 18.3 Å². The number of carboxylic acid groups (broad SMARTS) is 1. The highest BCUT2D eigenvalue weighted by atomic mass is 16.4. The van der Waals surface area contributed by atoms with Crippen LogP contribution < -0.4 is 11.1 Å². The van der Waals surface area contributed by atoms with Gasteiger partial charge in [0.25, 0.3) is 5.91 Å². The third-order valence-corrected chi connectivity index (χ3v) is 4.00. The SMILES string of the molecule is NC(=O)c1ccc(C(=O)NC2(C(=O)O)CCCCCC2)nc1. The highest BCUT2D eigenvalue weighted by molar-refractivity contribution is 5.97. The second-order valence-corrected chi connectivity index (χ2v) is 5.55. The molecule has 7 heteroatoms. The smallest absolute Gasteiger partial charge is 0.329 e. The van der Waals surface area contributed by atoms with Crippen molar-refractivity contribution in [3.63, 3.8) is 0 Å². The number of carboxylic acids is 1. The lowest BCUT2D eigenvalue weighted by Gasteiger charge is -2.29. The molecule has 1 saturated carbocycles. The van der Waals surface area contributed by atoms with E-state index >= 15 is 0 Å². The van der Waals surface area contributed by atoms with E-state index in [0.717, 1.165) is 25.7 Å². The molecule has 0 radical (unpaired) electrons. The van der Waals surface area contributed by atoms with E-state index in [9.17, 15) is 19.5 Å². The Hall–Kier alpha value is -2.44. The number of nitrogens with zero attached hydrogens (tertiary/aromatic N) is 1. The molecule has 1 aliphatic carbocycles. The van der Waals surface area contributed by atoms with Crippen molar-refractivity contribution < 1.29 is 19.5 Å². The number of hydrogen-bond donors (Lipinski definition) is 3. The molecule has 0 aromatic carbocycles. The number of rotatable bonds is 4. The normalized spacial score (nSPS) is 17.3. The zero-order valence-electron chi connectivity index (χ0n) is 12.2. The average Bonchev–Trinajstić information content (AvgIpc) is 2.74. The van der Waals surface area contributed by atoms with Crippen LogP contribution in [0, 0.1) is 0 Å². The second-order valence-electron chi connectivity index (χ2n) is 5.55. The van der Waals surface area contributed by atoms with Crippen LogP contribution in [0.4, 0.5) is 0 Å². The molecule has 1 fully saturated rings. The molecule has 2 amide bonds. The topological polar surface area (TPSA) is 122 Å². The third kappa shape index (κ3) is 3.41. The molecule has 2 rings (SSSR count). The minimum atomic E-state index is -1.24. The van der Waals surface area contributed by atoms with E-state index < -0.39 is 23.3 Å². The average molecular weight is 305 g/mol. The molecule has 0 spiro atoms. The van der Waals surface area contributed by atoms with Gasteiger partial charge in [0, 0.05) is 6.20 Å². The molecular weight excluding hydrogens is 286 g/mol. The van der Waals surface area contributed by atoms with Crippen LogP contribution in [0.3, 0.4) is 0 Å². The molecule has 22 heavy (non-hydrogen) atoms. The molecule has 0 unspecified atom stereocenters. The van der Waals surface area contributed by atoms with Gasteiger partial charge in [-0.05, 0) is 25.0 Å². The Morgan fingerprint density at radius 3 is 2.23 bits per heavy atom. The van der Waals surface area contributed by atoms with Crippen LogP contribution in [0.1, 0.15) is 59.4 Å². The zero-order chi connectivity index (χ0) is 16.2. The van der Waals surface area contributed by atoms with Gasteiger partial charge in [0.2, 0.25) is 5.91 Å². The predicted molar refractivity (Wildman–Crippen MR) is 78.3 cm³/mol. The number of aromatic nitrogens is 1. The fraction of sp³-hybridized carbons (Fsp3) is 0.467. The van der Waals surface area contributed by atoms with Crippen molar-refractivity contribution in [1.82, 2.24) is 10.3 Å². The van der Waals surface area contributed by atoms with Gasteiger partial charge in [-0.1, -0.05) is 25.7 Å². The van der Waals surface area contributed by atoms with Gasteiger partial charge in [0.15, 0.2) is 0 Å². The number of carbonyl (C=O) groups is 3. The maximum absolute atomic E-state index is 12.3. The Morgan fingerprint density at radius 2 is 1.77 bits per heavy atom. The summed E-state index contributed by atoms with van der Waals surface area (Å²) in [5.74, 6) is -2.21. The Balaban J connectivity index is 2.17. The lowest BCUT2D eigenvalue weighted by molar-refractivity contribution is -0.145. The van der Waals surface area contributed by atoms with Crippen LogP contribution in [-0.4, -0.2) is 33.4 Å². The van der Waals surface area contributed by atoms with E-state index in [4.69, 9.17) is 5.73 Å². The molecule has 1 aromatic rings. The first-order valence-electron chi connectivity index (χ1n) is 7.26. The van der Waals surface area contributed by atoms with E-state index in [1.807, 2.05) is 0 Å². The quantitative estimate of drug-likeness (QED) is 0.719. The molecular formula is C15H19N3O4. The molecule has 0 atom stereocenters. The third-order valence-electron chi connectivity index (χ3n) is 4.00. The molecule has 0 aliphatic heterocycles. The fourth-order valence-corrected chi connectivity index (χ4v) is 2.68. The number of primary amides is 1. The Labute approximate surface area is 127 Å². The van der Waals surface area contributed by atoms with Crippen molar-refractivity contribution in [2.24, 2.45) is 5.73 Å². The number of nitrogens with two attached hydrogens (primary N) is 1. The van der Waals surface area contributed by atoms with Crippen molar-refractivity contribution in [3.8, 4) is 0 Å². The zero-order valence-corrected chi connectivity index (χ0v) is 12.2. The summed E-state index contributed by atoms with van der Waals surface area (Å²) in [6, 6.07) is 2.76. The van der Waals surface area contributed by atoms with Crippen LogP contribution >= 0.6 is 0 Å². The molecule has 4 N–H and O–H groups in total. The predicted octanol–water partition coefficient (Wildman–Crippen LogP) is 1.09. The van der Waals surface area contributed by atoms with Gasteiger partial charge in [0.05, 0.1) is 5.56 Å². The monoisotopic (exact) mass is 305 g/mol. The first-order valence-corrected chi connectivity index (χ1v) is 7.26. The largest absolute Gasteiger partial charge is 0.480 e. The number of hydrogen-bond acceptors (Lipinski definition) is 4. The molecule has 1 heterocycles. The number of carbonyl (C=O) groups excluding carboxylic acids is 2. The summed E-state index contributed by atoms with van der Waals surface area (Å²) in [7, 11) is 0. The molecule has 1 aromatic heterocycles. The first-order chi connectivity index (χ1) is 10.4. The molecule has 7 nitrogen and oxygen atoms in total. The maximum Gasteiger partial charge on any atom is 0.329 e. The number of aliphatic carboxylic acids is 1. The summed E-state index contributed by atoms with van der Waals surface area (Å²) in [5, 5.41) is 12.1. The summed E-state index contributed by atoms with van der Waals surface area (Å²) in [6.45, 7) is 0. The number of amides is 2. The molecule has 118 valence electrons. The van der Waals surface area contributed by atoms with Gasteiger partial charge in [-0.2, -0.15) is 0 Å². The standard InChI is InChI=1S/C15H19N3O4/c16-12(19)10-5-6-11(17-9-10)13(20)18-15(14(21)22)7-3-1-2-4-8-15/h5-6,9H,1-4,7-8H2,(H2,16,19)(H,18,20)(H,21,22). The van der Waals surface area contributed by atoms with Crippen molar-refractivity contribution in [2.75, 3.05) is 0 Å². The Kier molecular flexibility index (Phi) is 4.75. The number of nitrogens with one attached hydrogen (secondary N) is 1. The second kappa shape index (κ2) is 6.55. The van der Waals surface area contributed by atoms with Crippen molar-refractivity contribution >= 4 is 17.8 Å². The van der Waals surface area contributed by atoms with Crippen molar-refractivity contribution in [2.45, 2.75) is 44.1 Å². The van der Waals surface area contributed by atoms with Gasteiger partial charge < -0.3 is 16.2 Å². The lowest BCUT2D eigenvalue weighted by atomic mass is 9.90. The van der Waals surface area contributed by atoms with Crippen LogP contribution in [-0.2, 0) is 4.79 Å². The van der Waals surface area contributed by atoms with E-state index in [2.05, 4.69) is 10.3 Å². The van der Waals surface area contributed by atoms with Crippen LogP contribution in [0.15, 0.2) is 18.3 Å². The Bertz CT molecular complexity index is 575. The molecule has 0 bridgehead atoms.